The Morgan fingerprint density at radius 3 is 2.50 bits per heavy atom. The summed E-state index contributed by atoms with van der Waals surface area (Å²) in [6.07, 6.45) is 6.92. The number of nitrogens with zero attached hydrogens (tertiary/aromatic N) is 5. The Kier molecular flexibility index (Phi) is 6.03. The van der Waals surface area contributed by atoms with E-state index in [1.54, 1.807) is 24.0 Å². The van der Waals surface area contributed by atoms with Crippen LogP contribution in [0.3, 0.4) is 0 Å². The number of anilines is 1. The summed E-state index contributed by atoms with van der Waals surface area (Å²) >= 11 is 0. The Morgan fingerprint density at radius 1 is 1.03 bits per heavy atom. The van der Waals surface area contributed by atoms with Crippen molar-refractivity contribution in [2.75, 3.05) is 19.5 Å². The molecule has 1 aliphatic rings. The van der Waals surface area contributed by atoms with Crippen molar-refractivity contribution in [3.05, 3.63) is 72.7 Å². The number of hydrogen-bond acceptors (Lipinski definition) is 6. The maximum Gasteiger partial charge on any atom is 0.218 e. The number of aromatic nitrogens is 5. The summed E-state index contributed by atoms with van der Waals surface area (Å²) in [4.78, 5) is 9.28. The molecule has 194 valence electrons. The van der Waals surface area contributed by atoms with Gasteiger partial charge in [-0.15, -0.1) is 5.10 Å². The van der Waals surface area contributed by atoms with E-state index in [1.807, 2.05) is 48.1 Å². The summed E-state index contributed by atoms with van der Waals surface area (Å²) in [5, 5.41) is 8.27. The number of halogens is 2. The Hall–Kier alpha value is -4.31. The highest BCUT2D eigenvalue weighted by Gasteiger charge is 2.32. The number of methoxy groups -OCH3 is 2. The van der Waals surface area contributed by atoms with Crippen LogP contribution < -0.4 is 10.1 Å². The number of ether oxygens (including phenoxy) is 2. The highest BCUT2D eigenvalue weighted by atomic mass is 19.1. The largest absolute Gasteiger partial charge is 0.494 e. The second-order valence-corrected chi connectivity index (χ2v) is 9.33. The summed E-state index contributed by atoms with van der Waals surface area (Å²) < 4.78 is 45.0. The molecule has 8 nitrogen and oxygen atoms in total. The molecule has 0 atom stereocenters. The summed E-state index contributed by atoms with van der Waals surface area (Å²) in [5.74, 6) is -0.0453. The van der Waals surface area contributed by atoms with Gasteiger partial charge in [0.1, 0.15) is 11.3 Å². The fourth-order valence-electron chi connectivity index (χ4n) is 4.95. The zero-order chi connectivity index (χ0) is 26.4. The third-order valence-corrected chi connectivity index (χ3v) is 7.03. The quantitative estimate of drug-likeness (QED) is 0.315. The molecule has 1 aliphatic carbocycles. The van der Waals surface area contributed by atoms with Crippen LogP contribution in [0, 0.1) is 11.6 Å². The number of benzene rings is 2. The van der Waals surface area contributed by atoms with Gasteiger partial charge < -0.3 is 19.4 Å². The molecule has 1 saturated carbocycles. The molecule has 1 fully saturated rings. The third-order valence-electron chi connectivity index (χ3n) is 7.03. The lowest BCUT2D eigenvalue weighted by Crippen LogP contribution is -2.40. The van der Waals surface area contributed by atoms with Gasteiger partial charge in [0.25, 0.3) is 0 Å². The first-order chi connectivity index (χ1) is 18.5. The maximum atomic E-state index is 15.6. The van der Waals surface area contributed by atoms with Crippen molar-refractivity contribution >= 4 is 11.3 Å². The van der Waals surface area contributed by atoms with E-state index in [-0.39, 0.29) is 23.5 Å². The maximum absolute atomic E-state index is 15.6. The SMILES string of the molecule is COc1ccc(F)c(-c2cn3nc(-c4nccn4C)nc(NC4CC(OC)C4)c3c2-c2ccccc2)c1F. The second-order valence-electron chi connectivity index (χ2n) is 9.33. The molecule has 3 heterocycles. The minimum Gasteiger partial charge on any atom is -0.494 e. The molecule has 0 unspecified atom stereocenters. The number of fused-ring (bicyclic) bond motifs is 1. The van der Waals surface area contributed by atoms with Crippen LogP contribution in [-0.2, 0) is 11.8 Å². The Morgan fingerprint density at radius 2 is 1.82 bits per heavy atom. The normalized spacial score (nSPS) is 17.0. The van der Waals surface area contributed by atoms with Gasteiger partial charge in [-0.2, -0.15) is 0 Å². The van der Waals surface area contributed by atoms with Crippen molar-refractivity contribution in [2.45, 2.75) is 25.0 Å². The zero-order valence-electron chi connectivity index (χ0n) is 21.2. The number of rotatable bonds is 7. The Labute approximate surface area is 217 Å². The zero-order valence-corrected chi connectivity index (χ0v) is 21.2. The molecule has 0 aliphatic heterocycles. The Bertz CT molecular complexity index is 1630. The molecule has 2 aromatic carbocycles. The summed E-state index contributed by atoms with van der Waals surface area (Å²) in [6, 6.07) is 12.1. The number of hydrogen-bond donors (Lipinski definition) is 1. The van der Waals surface area contributed by atoms with Gasteiger partial charge in [0.2, 0.25) is 5.82 Å². The minimum absolute atomic E-state index is 0.0473. The highest BCUT2D eigenvalue weighted by Crippen LogP contribution is 2.43. The van der Waals surface area contributed by atoms with E-state index in [1.165, 1.54) is 19.2 Å². The van der Waals surface area contributed by atoms with Gasteiger partial charge >= 0.3 is 0 Å². The van der Waals surface area contributed by atoms with Crippen LogP contribution in [0.5, 0.6) is 5.75 Å². The molecule has 3 aromatic heterocycles. The molecular weight excluding hydrogens is 490 g/mol. The molecule has 0 bridgehead atoms. The lowest BCUT2D eigenvalue weighted by molar-refractivity contribution is 0.0328. The molecule has 5 aromatic rings. The fourth-order valence-corrected chi connectivity index (χ4v) is 4.95. The van der Waals surface area contributed by atoms with Gasteiger partial charge in [-0.05, 0) is 30.5 Å². The molecule has 0 radical (unpaired) electrons. The van der Waals surface area contributed by atoms with Crippen molar-refractivity contribution in [1.82, 2.24) is 24.1 Å². The summed E-state index contributed by atoms with van der Waals surface area (Å²) in [7, 11) is 4.91. The van der Waals surface area contributed by atoms with Crippen LogP contribution in [0.15, 0.2) is 61.1 Å². The van der Waals surface area contributed by atoms with Gasteiger partial charge in [0.05, 0.1) is 18.8 Å². The Balaban J connectivity index is 1.65. The van der Waals surface area contributed by atoms with Gasteiger partial charge in [0, 0.05) is 49.9 Å². The van der Waals surface area contributed by atoms with Crippen LogP contribution in [-0.4, -0.2) is 50.5 Å². The lowest BCUT2D eigenvalue weighted by Gasteiger charge is -2.35. The molecule has 1 N–H and O–H groups in total. The lowest BCUT2D eigenvalue weighted by atomic mass is 9.89. The van der Waals surface area contributed by atoms with E-state index < -0.39 is 11.6 Å². The number of aryl methyl sites for hydroxylation is 1. The first-order valence-corrected chi connectivity index (χ1v) is 12.3. The predicted molar refractivity (Wildman–Crippen MR) is 140 cm³/mol. The van der Waals surface area contributed by atoms with E-state index in [0.29, 0.717) is 34.1 Å². The van der Waals surface area contributed by atoms with E-state index >= 15 is 8.78 Å². The predicted octanol–water partition coefficient (Wildman–Crippen LogP) is 5.34. The molecule has 0 spiro atoms. The third kappa shape index (κ3) is 3.97. The first-order valence-electron chi connectivity index (χ1n) is 12.3. The minimum atomic E-state index is -0.783. The highest BCUT2D eigenvalue weighted by molar-refractivity contribution is 5.99. The standard InChI is InChI=1S/C28H26F2N6O2/c1-35-12-11-31-28(35)27-33-26(32-17-13-18(14-17)37-2)25-22(16-7-5-4-6-8-16)19(15-36(25)34-27)23-20(29)9-10-21(38-3)24(23)30/h4-12,15,17-18H,13-14H2,1-3H3,(H,32,33,34). The topological polar surface area (TPSA) is 78.5 Å². The van der Waals surface area contributed by atoms with Crippen molar-refractivity contribution < 1.29 is 18.3 Å². The first kappa shape index (κ1) is 24.1. The molecule has 6 rings (SSSR count). The van der Waals surface area contributed by atoms with Crippen molar-refractivity contribution in [3.8, 4) is 39.7 Å². The average molecular weight is 517 g/mol. The molecule has 0 amide bonds. The van der Waals surface area contributed by atoms with Crippen LogP contribution in [0.1, 0.15) is 12.8 Å². The average Bonchev–Trinajstić information content (AvgIpc) is 3.50. The number of imidazole rings is 1. The van der Waals surface area contributed by atoms with Crippen LogP contribution in [0.25, 0.3) is 39.4 Å². The van der Waals surface area contributed by atoms with Crippen molar-refractivity contribution in [2.24, 2.45) is 7.05 Å². The van der Waals surface area contributed by atoms with E-state index in [9.17, 15) is 0 Å². The molecule has 0 saturated heterocycles. The van der Waals surface area contributed by atoms with Crippen LogP contribution >= 0.6 is 0 Å². The van der Waals surface area contributed by atoms with Gasteiger partial charge in [0.15, 0.2) is 23.2 Å². The van der Waals surface area contributed by atoms with Crippen molar-refractivity contribution in [1.29, 1.82) is 0 Å². The molecule has 10 heteroatoms. The van der Waals surface area contributed by atoms with E-state index in [4.69, 9.17) is 19.6 Å². The summed E-state index contributed by atoms with van der Waals surface area (Å²) in [6.45, 7) is 0. The smallest absolute Gasteiger partial charge is 0.218 e. The molecular formula is C28H26F2N6O2. The molecule has 38 heavy (non-hydrogen) atoms. The van der Waals surface area contributed by atoms with Crippen LogP contribution in [0.2, 0.25) is 0 Å². The number of nitrogens with one attached hydrogen (secondary N) is 1. The fraction of sp³-hybridized carbons (Fsp3) is 0.250. The van der Waals surface area contributed by atoms with Gasteiger partial charge in [-0.3, -0.25) is 0 Å². The van der Waals surface area contributed by atoms with Crippen molar-refractivity contribution in [3.63, 3.8) is 0 Å². The summed E-state index contributed by atoms with van der Waals surface area (Å²) in [5.41, 5.74) is 2.12. The van der Waals surface area contributed by atoms with E-state index in [2.05, 4.69) is 10.3 Å². The van der Waals surface area contributed by atoms with Gasteiger partial charge in [-0.25, -0.2) is 23.3 Å². The van der Waals surface area contributed by atoms with Gasteiger partial charge in [-0.1, -0.05) is 30.3 Å². The van der Waals surface area contributed by atoms with E-state index in [0.717, 1.165) is 18.4 Å². The van der Waals surface area contributed by atoms with Crippen LogP contribution in [0.4, 0.5) is 14.6 Å². The second kappa shape index (κ2) is 9.53. The monoisotopic (exact) mass is 516 g/mol.